The van der Waals surface area contributed by atoms with E-state index in [1.165, 1.54) is 13.3 Å². The number of hydrogen-bond donors (Lipinski definition) is 0. The zero-order valence-electron chi connectivity index (χ0n) is 11.3. The third-order valence-corrected chi connectivity index (χ3v) is 4.04. The van der Waals surface area contributed by atoms with Gasteiger partial charge in [0.25, 0.3) is 10.0 Å². The largest absolute Gasteiger partial charge is 0.496 e. The van der Waals surface area contributed by atoms with Crippen LogP contribution in [0.4, 0.5) is 0 Å². The van der Waals surface area contributed by atoms with E-state index in [2.05, 4.69) is 4.40 Å². The average molecular weight is 289 g/mol. The molecule has 0 bridgehead atoms. The van der Waals surface area contributed by atoms with Gasteiger partial charge in [0.05, 0.1) is 18.2 Å². The first-order chi connectivity index (χ1) is 9.53. The molecule has 0 amide bonds. The number of nitrogens with zero attached hydrogens (tertiary/aromatic N) is 1. The molecule has 104 valence electrons. The topological polar surface area (TPSA) is 55.7 Å². The van der Waals surface area contributed by atoms with Crippen molar-refractivity contribution in [1.29, 1.82) is 0 Å². The summed E-state index contributed by atoms with van der Waals surface area (Å²) in [4.78, 5) is 0.175. The van der Waals surface area contributed by atoms with E-state index in [4.69, 9.17) is 4.74 Å². The van der Waals surface area contributed by atoms with Crippen molar-refractivity contribution in [1.82, 2.24) is 0 Å². The van der Waals surface area contributed by atoms with Crippen molar-refractivity contribution in [3.05, 3.63) is 59.7 Å². The fourth-order valence-electron chi connectivity index (χ4n) is 1.67. The number of ether oxygens (including phenoxy) is 1. The number of sulfonamides is 1. The minimum Gasteiger partial charge on any atom is -0.496 e. The lowest BCUT2D eigenvalue weighted by atomic mass is 10.2. The van der Waals surface area contributed by atoms with E-state index < -0.39 is 10.0 Å². The van der Waals surface area contributed by atoms with Crippen molar-refractivity contribution in [3.8, 4) is 5.75 Å². The van der Waals surface area contributed by atoms with Gasteiger partial charge in [0.15, 0.2) is 0 Å². The quantitative estimate of drug-likeness (QED) is 0.813. The maximum absolute atomic E-state index is 12.1. The molecule has 0 aromatic heterocycles. The highest BCUT2D eigenvalue weighted by atomic mass is 32.2. The molecule has 0 radical (unpaired) electrons. The van der Waals surface area contributed by atoms with Gasteiger partial charge in [-0.15, -0.1) is 0 Å². The first-order valence-corrected chi connectivity index (χ1v) is 7.47. The van der Waals surface area contributed by atoms with Crippen LogP contribution in [0.2, 0.25) is 0 Å². The summed E-state index contributed by atoms with van der Waals surface area (Å²) in [6.45, 7) is 1.90. The molecule has 0 atom stereocenters. The lowest BCUT2D eigenvalue weighted by molar-refractivity contribution is 0.414. The van der Waals surface area contributed by atoms with Gasteiger partial charge in [0, 0.05) is 5.56 Å². The Hall–Kier alpha value is -2.14. The molecular formula is C15H15NO3S. The molecule has 0 heterocycles. The molecule has 0 N–H and O–H groups in total. The smallest absolute Gasteiger partial charge is 0.282 e. The molecule has 2 aromatic rings. The van der Waals surface area contributed by atoms with Crippen LogP contribution >= 0.6 is 0 Å². The Bertz CT molecular complexity index is 719. The van der Waals surface area contributed by atoms with Gasteiger partial charge in [-0.2, -0.15) is 12.8 Å². The minimum atomic E-state index is -3.69. The molecule has 2 aromatic carbocycles. The summed E-state index contributed by atoms with van der Waals surface area (Å²) >= 11 is 0. The number of hydrogen-bond acceptors (Lipinski definition) is 3. The van der Waals surface area contributed by atoms with Gasteiger partial charge in [-0.1, -0.05) is 29.8 Å². The summed E-state index contributed by atoms with van der Waals surface area (Å²) < 4.78 is 33.0. The Labute approximate surface area is 118 Å². The standard InChI is InChI=1S/C15H15NO3S/c1-12-7-9-14(10-8-12)20(17,18)16-11-13-5-3-4-6-15(13)19-2/h3-11H,1-2H3/b16-11+. The van der Waals surface area contributed by atoms with Crippen molar-refractivity contribution in [3.63, 3.8) is 0 Å². The Balaban J connectivity index is 2.32. The van der Waals surface area contributed by atoms with Gasteiger partial charge in [0.1, 0.15) is 5.75 Å². The first-order valence-electron chi connectivity index (χ1n) is 6.03. The van der Waals surface area contributed by atoms with Gasteiger partial charge in [0.2, 0.25) is 0 Å². The molecule has 0 aliphatic rings. The van der Waals surface area contributed by atoms with E-state index >= 15 is 0 Å². The predicted molar refractivity (Wildman–Crippen MR) is 79.0 cm³/mol. The molecule has 0 saturated carbocycles. The Kier molecular flexibility index (Phi) is 4.20. The molecule has 0 aliphatic carbocycles. The molecule has 4 nitrogen and oxygen atoms in total. The first kappa shape index (κ1) is 14.3. The molecular weight excluding hydrogens is 274 g/mol. The molecule has 0 unspecified atom stereocenters. The zero-order valence-corrected chi connectivity index (χ0v) is 12.1. The number of para-hydroxylation sites is 1. The fourth-order valence-corrected chi connectivity index (χ4v) is 2.52. The summed E-state index contributed by atoms with van der Waals surface area (Å²) in [6, 6.07) is 13.7. The third kappa shape index (κ3) is 3.24. The van der Waals surface area contributed by atoms with Gasteiger partial charge in [-0.25, -0.2) is 0 Å². The fraction of sp³-hybridized carbons (Fsp3) is 0.133. The maximum Gasteiger partial charge on any atom is 0.282 e. The van der Waals surface area contributed by atoms with Crippen LogP contribution in [0.25, 0.3) is 0 Å². The van der Waals surface area contributed by atoms with Gasteiger partial charge >= 0.3 is 0 Å². The van der Waals surface area contributed by atoms with E-state index in [1.54, 1.807) is 42.5 Å². The average Bonchev–Trinajstić information content (AvgIpc) is 2.46. The Morgan fingerprint density at radius 2 is 1.70 bits per heavy atom. The van der Waals surface area contributed by atoms with E-state index in [-0.39, 0.29) is 4.90 Å². The highest BCUT2D eigenvalue weighted by Gasteiger charge is 2.11. The lowest BCUT2D eigenvalue weighted by Crippen LogP contribution is -1.98. The van der Waals surface area contributed by atoms with Crippen LogP contribution in [-0.4, -0.2) is 21.7 Å². The van der Waals surface area contributed by atoms with E-state index in [1.807, 2.05) is 13.0 Å². The summed E-state index contributed by atoms with van der Waals surface area (Å²) in [6.07, 6.45) is 1.30. The van der Waals surface area contributed by atoms with Gasteiger partial charge < -0.3 is 4.74 Å². The van der Waals surface area contributed by atoms with Crippen molar-refractivity contribution >= 4 is 16.2 Å². The molecule has 0 spiro atoms. The van der Waals surface area contributed by atoms with Crippen molar-refractivity contribution in [2.24, 2.45) is 4.40 Å². The van der Waals surface area contributed by atoms with Gasteiger partial charge in [-0.05, 0) is 31.2 Å². The summed E-state index contributed by atoms with van der Waals surface area (Å²) in [7, 11) is -2.16. The SMILES string of the molecule is COc1ccccc1/C=N/S(=O)(=O)c1ccc(C)cc1. The van der Waals surface area contributed by atoms with Crippen LogP contribution in [0.5, 0.6) is 5.75 Å². The maximum atomic E-state index is 12.1. The lowest BCUT2D eigenvalue weighted by Gasteiger charge is -2.03. The highest BCUT2D eigenvalue weighted by Crippen LogP contribution is 2.17. The van der Waals surface area contributed by atoms with E-state index in [9.17, 15) is 8.42 Å². The third-order valence-electron chi connectivity index (χ3n) is 2.79. The second-order valence-electron chi connectivity index (χ2n) is 4.26. The molecule has 0 saturated heterocycles. The van der Waals surface area contributed by atoms with Crippen molar-refractivity contribution in [2.75, 3.05) is 7.11 Å². The Morgan fingerprint density at radius 1 is 1.05 bits per heavy atom. The highest BCUT2D eigenvalue weighted by molar-refractivity contribution is 7.90. The summed E-state index contributed by atoms with van der Waals surface area (Å²) in [5.74, 6) is 0.579. The van der Waals surface area contributed by atoms with Crippen LogP contribution in [0.3, 0.4) is 0 Å². The second-order valence-corrected chi connectivity index (χ2v) is 5.90. The predicted octanol–water partition coefficient (Wildman–Crippen LogP) is 2.81. The Morgan fingerprint density at radius 3 is 2.35 bits per heavy atom. The van der Waals surface area contributed by atoms with Crippen LogP contribution in [-0.2, 0) is 10.0 Å². The normalized spacial score (nSPS) is 11.7. The summed E-state index contributed by atoms with van der Waals surface area (Å²) in [5, 5.41) is 0. The molecule has 5 heteroatoms. The van der Waals surface area contributed by atoms with Crippen LogP contribution < -0.4 is 4.74 Å². The molecule has 2 rings (SSSR count). The van der Waals surface area contributed by atoms with Crippen LogP contribution in [0.15, 0.2) is 57.8 Å². The number of benzene rings is 2. The molecule has 20 heavy (non-hydrogen) atoms. The van der Waals surface area contributed by atoms with Crippen LogP contribution in [0.1, 0.15) is 11.1 Å². The molecule has 0 fully saturated rings. The zero-order chi connectivity index (χ0) is 14.6. The van der Waals surface area contributed by atoms with Crippen molar-refractivity contribution < 1.29 is 13.2 Å². The van der Waals surface area contributed by atoms with E-state index in [0.29, 0.717) is 11.3 Å². The number of rotatable bonds is 4. The number of methoxy groups -OCH3 is 1. The minimum absolute atomic E-state index is 0.175. The van der Waals surface area contributed by atoms with Gasteiger partial charge in [-0.3, -0.25) is 0 Å². The summed E-state index contributed by atoms with van der Waals surface area (Å²) in [5.41, 5.74) is 1.61. The van der Waals surface area contributed by atoms with E-state index in [0.717, 1.165) is 5.56 Å². The monoisotopic (exact) mass is 289 g/mol. The second kappa shape index (κ2) is 5.88. The molecule has 0 aliphatic heterocycles. The van der Waals surface area contributed by atoms with Crippen LogP contribution in [0, 0.1) is 6.92 Å². The van der Waals surface area contributed by atoms with Crippen molar-refractivity contribution in [2.45, 2.75) is 11.8 Å². The number of aryl methyl sites for hydroxylation is 1.